The van der Waals surface area contributed by atoms with Crippen LogP contribution in [0.4, 0.5) is 0 Å². The molecule has 2 heterocycles. The Labute approximate surface area is 136 Å². The van der Waals surface area contributed by atoms with Crippen molar-refractivity contribution in [2.24, 2.45) is 0 Å². The van der Waals surface area contributed by atoms with Crippen molar-refractivity contribution in [2.75, 3.05) is 0 Å². The van der Waals surface area contributed by atoms with Gasteiger partial charge in [-0.3, -0.25) is 0 Å². The van der Waals surface area contributed by atoms with Crippen LogP contribution in [-0.4, -0.2) is 30.7 Å². The highest BCUT2D eigenvalue weighted by atomic mass is 32.1. The Morgan fingerprint density at radius 2 is 2.17 bits per heavy atom. The highest BCUT2D eigenvalue weighted by Crippen LogP contribution is 2.36. The molecule has 0 bridgehead atoms. The molecule has 7 heteroatoms. The molecular formula is C16H13N5OS. The van der Waals surface area contributed by atoms with E-state index in [1.807, 2.05) is 0 Å². The van der Waals surface area contributed by atoms with Crippen LogP contribution in [0.5, 0.6) is 5.75 Å². The number of H-pyrrole nitrogens is 1. The van der Waals surface area contributed by atoms with Gasteiger partial charge in [0, 0.05) is 16.9 Å². The zero-order valence-electron chi connectivity index (χ0n) is 12.2. The molecule has 0 amide bonds. The van der Waals surface area contributed by atoms with Crippen LogP contribution in [0.25, 0.3) is 11.4 Å². The topological polar surface area (TPSA) is 87.6 Å². The normalized spacial score (nSPS) is 14.1. The van der Waals surface area contributed by atoms with Crippen molar-refractivity contribution in [1.82, 2.24) is 25.6 Å². The van der Waals surface area contributed by atoms with Gasteiger partial charge in [0.25, 0.3) is 0 Å². The van der Waals surface area contributed by atoms with E-state index in [0.29, 0.717) is 17.3 Å². The molecule has 0 aliphatic heterocycles. The first-order valence-corrected chi connectivity index (χ1v) is 8.22. The number of aromatic hydroxyl groups is 1. The molecular weight excluding hydrogens is 310 g/mol. The molecule has 3 aromatic rings. The molecule has 0 unspecified atom stereocenters. The minimum Gasteiger partial charge on any atom is -0.507 e. The highest BCUT2D eigenvalue weighted by molar-refractivity contribution is 7.10. The number of nitrogens with one attached hydrogen (secondary N) is 1. The summed E-state index contributed by atoms with van der Waals surface area (Å²) < 4.78 is 0. The molecule has 6 nitrogen and oxygen atoms in total. The number of hydrogen-bond donors (Lipinski definition) is 2. The fraction of sp³-hybridized carbons (Fsp3) is 0.250. The van der Waals surface area contributed by atoms with Gasteiger partial charge in [0.05, 0.1) is 11.3 Å². The Hall–Kier alpha value is -2.72. The van der Waals surface area contributed by atoms with E-state index in [2.05, 4.69) is 42.8 Å². The van der Waals surface area contributed by atoms with Crippen LogP contribution in [0.15, 0.2) is 23.6 Å². The summed E-state index contributed by atoms with van der Waals surface area (Å²) in [4.78, 5) is 4.59. The van der Waals surface area contributed by atoms with Crippen molar-refractivity contribution in [2.45, 2.75) is 25.2 Å². The van der Waals surface area contributed by atoms with Gasteiger partial charge in [-0.05, 0) is 42.2 Å². The van der Waals surface area contributed by atoms with Gasteiger partial charge in [-0.15, -0.1) is 21.5 Å². The number of aromatic nitrogens is 5. The molecule has 2 aromatic heterocycles. The van der Waals surface area contributed by atoms with E-state index in [1.54, 1.807) is 29.5 Å². The van der Waals surface area contributed by atoms with Crippen LogP contribution < -0.4 is 0 Å². The van der Waals surface area contributed by atoms with E-state index in [-0.39, 0.29) is 5.75 Å². The molecule has 0 atom stereocenters. The Morgan fingerprint density at radius 1 is 1.26 bits per heavy atom. The van der Waals surface area contributed by atoms with Crippen molar-refractivity contribution in [3.05, 3.63) is 39.8 Å². The van der Waals surface area contributed by atoms with E-state index < -0.39 is 0 Å². The maximum Gasteiger partial charge on any atom is 0.208 e. The smallest absolute Gasteiger partial charge is 0.208 e. The molecule has 1 aliphatic carbocycles. The average molecular weight is 323 g/mol. The number of benzene rings is 1. The van der Waals surface area contributed by atoms with Gasteiger partial charge in [-0.25, -0.2) is 4.98 Å². The predicted octanol–water partition coefficient (Wildman–Crippen LogP) is 2.70. The predicted molar refractivity (Wildman–Crippen MR) is 86.0 cm³/mol. The third-order valence-corrected chi connectivity index (χ3v) is 4.72. The number of thiazole rings is 1. The molecule has 0 spiro atoms. The van der Waals surface area contributed by atoms with Crippen LogP contribution in [0.1, 0.15) is 41.4 Å². The molecule has 4 rings (SSSR count). The minimum absolute atomic E-state index is 0.0958. The summed E-state index contributed by atoms with van der Waals surface area (Å²) in [5.41, 5.74) is 2.44. The number of hydrogen-bond acceptors (Lipinski definition) is 6. The number of phenolic OH excluding ortho intramolecular Hbond substituents is 1. The summed E-state index contributed by atoms with van der Waals surface area (Å²) >= 11 is 1.58. The lowest BCUT2D eigenvalue weighted by atomic mass is 9.83. The monoisotopic (exact) mass is 323 g/mol. The fourth-order valence-electron chi connectivity index (χ4n) is 2.43. The lowest BCUT2D eigenvalue weighted by Gasteiger charge is -2.22. The Bertz CT molecular complexity index is 887. The summed E-state index contributed by atoms with van der Waals surface area (Å²) in [5.74, 6) is 7.23. The third kappa shape index (κ3) is 2.81. The summed E-state index contributed by atoms with van der Waals surface area (Å²) in [6.45, 7) is 0. The summed E-state index contributed by atoms with van der Waals surface area (Å²) in [6.07, 6.45) is 3.78. The van der Waals surface area contributed by atoms with Gasteiger partial charge < -0.3 is 5.11 Å². The maximum atomic E-state index is 9.91. The molecule has 1 fully saturated rings. The summed E-state index contributed by atoms with van der Waals surface area (Å²) in [5, 5.41) is 26.5. The molecule has 114 valence electrons. The third-order valence-electron chi connectivity index (χ3n) is 3.94. The molecule has 2 N–H and O–H groups in total. The zero-order chi connectivity index (χ0) is 15.6. The standard InChI is InChI=1S/C16H13N5OS/c22-14-6-4-10(8-12(14)16-18-20-21-19-16)5-7-15-17-13(9-23-15)11-2-1-3-11/h4,6,8-9,11,22H,1-3H2,(H,18,19,20,21). The van der Waals surface area contributed by atoms with E-state index in [0.717, 1.165) is 10.6 Å². The van der Waals surface area contributed by atoms with E-state index in [4.69, 9.17) is 0 Å². The second kappa shape index (κ2) is 5.82. The molecule has 1 saturated carbocycles. The Morgan fingerprint density at radius 3 is 2.91 bits per heavy atom. The lowest BCUT2D eigenvalue weighted by Crippen LogP contribution is -2.08. The van der Waals surface area contributed by atoms with Gasteiger partial charge in [0.15, 0.2) is 5.01 Å². The number of tetrazole rings is 1. The molecule has 1 aliphatic rings. The zero-order valence-corrected chi connectivity index (χ0v) is 13.0. The molecule has 23 heavy (non-hydrogen) atoms. The largest absolute Gasteiger partial charge is 0.507 e. The van der Waals surface area contributed by atoms with E-state index >= 15 is 0 Å². The SMILES string of the molecule is Oc1ccc(C#Cc2nc(C3CCC3)cs2)cc1-c1nn[nH]n1. The first kappa shape index (κ1) is 13.9. The first-order chi connectivity index (χ1) is 11.3. The van der Waals surface area contributed by atoms with Gasteiger partial charge >= 0.3 is 0 Å². The first-order valence-electron chi connectivity index (χ1n) is 7.34. The van der Waals surface area contributed by atoms with Crippen LogP contribution in [0.3, 0.4) is 0 Å². The van der Waals surface area contributed by atoms with Gasteiger partial charge in [0.2, 0.25) is 5.82 Å². The molecule has 0 saturated heterocycles. The minimum atomic E-state index is 0.0958. The van der Waals surface area contributed by atoms with Crippen molar-refractivity contribution >= 4 is 11.3 Å². The van der Waals surface area contributed by atoms with Crippen LogP contribution in [-0.2, 0) is 0 Å². The molecule has 1 aromatic carbocycles. The van der Waals surface area contributed by atoms with Crippen LogP contribution in [0.2, 0.25) is 0 Å². The van der Waals surface area contributed by atoms with Crippen LogP contribution in [0, 0.1) is 11.8 Å². The van der Waals surface area contributed by atoms with Gasteiger partial charge in [-0.2, -0.15) is 5.21 Å². The highest BCUT2D eigenvalue weighted by Gasteiger charge is 2.21. The number of rotatable bonds is 2. The second-order valence-corrected chi connectivity index (χ2v) is 6.28. The van der Waals surface area contributed by atoms with Crippen molar-refractivity contribution in [3.8, 4) is 29.0 Å². The molecule has 0 radical (unpaired) electrons. The van der Waals surface area contributed by atoms with Crippen molar-refractivity contribution in [1.29, 1.82) is 0 Å². The van der Waals surface area contributed by atoms with Gasteiger partial charge in [0.1, 0.15) is 5.75 Å². The van der Waals surface area contributed by atoms with Crippen LogP contribution >= 0.6 is 11.3 Å². The summed E-state index contributed by atoms with van der Waals surface area (Å²) in [7, 11) is 0. The average Bonchev–Trinajstić information content (AvgIpc) is 3.16. The number of nitrogens with zero attached hydrogens (tertiary/aromatic N) is 4. The van der Waals surface area contributed by atoms with E-state index in [9.17, 15) is 5.11 Å². The van der Waals surface area contributed by atoms with E-state index in [1.165, 1.54) is 25.0 Å². The van der Waals surface area contributed by atoms with Gasteiger partial charge in [-0.1, -0.05) is 12.3 Å². The number of aromatic amines is 1. The van der Waals surface area contributed by atoms with Crippen molar-refractivity contribution < 1.29 is 5.11 Å². The maximum absolute atomic E-state index is 9.91. The summed E-state index contributed by atoms with van der Waals surface area (Å²) in [6, 6.07) is 5.08. The second-order valence-electron chi connectivity index (χ2n) is 5.42. The number of phenols is 1. The van der Waals surface area contributed by atoms with Crippen molar-refractivity contribution in [3.63, 3.8) is 0 Å². The Kier molecular flexibility index (Phi) is 3.52. The fourth-order valence-corrected chi connectivity index (χ4v) is 3.18. The lowest BCUT2D eigenvalue weighted by molar-refractivity contribution is 0.412. The Balaban J connectivity index is 1.60. The quantitative estimate of drug-likeness (QED) is 0.708.